The summed E-state index contributed by atoms with van der Waals surface area (Å²) in [6.07, 6.45) is 3.23. The summed E-state index contributed by atoms with van der Waals surface area (Å²) in [5.41, 5.74) is 4.34. The number of aliphatic hydroxyl groups is 1. The van der Waals surface area contributed by atoms with Gasteiger partial charge in [-0.15, -0.1) is 11.8 Å². The van der Waals surface area contributed by atoms with Crippen LogP contribution in [0.1, 0.15) is 35.3 Å². The van der Waals surface area contributed by atoms with Crippen LogP contribution in [0.3, 0.4) is 0 Å². The second-order valence-electron chi connectivity index (χ2n) is 6.36. The highest BCUT2D eigenvalue weighted by atomic mass is 32.2. The number of esters is 1. The van der Waals surface area contributed by atoms with E-state index in [1.807, 2.05) is 49.6 Å². The molecule has 0 aliphatic heterocycles. The quantitative estimate of drug-likeness (QED) is 0.505. The number of pyridine rings is 1. The summed E-state index contributed by atoms with van der Waals surface area (Å²) < 4.78 is 5.01. The summed E-state index contributed by atoms with van der Waals surface area (Å²) in [7, 11) is 0. The van der Waals surface area contributed by atoms with Gasteiger partial charge in [0, 0.05) is 16.5 Å². The molecule has 0 bridgehead atoms. The Morgan fingerprint density at radius 1 is 1.19 bits per heavy atom. The summed E-state index contributed by atoms with van der Waals surface area (Å²) in [6.45, 7) is 4.12. The Balaban J connectivity index is 1.95. The summed E-state index contributed by atoms with van der Waals surface area (Å²) in [5, 5.41) is 12.0. The number of aromatic nitrogens is 1. The van der Waals surface area contributed by atoms with Crippen LogP contribution in [-0.2, 0) is 16.0 Å². The fourth-order valence-corrected chi connectivity index (χ4v) is 3.65. The molecule has 2 aromatic carbocycles. The SMILES string of the molecule is CCOC(=O)Cc1ccc(C(O)c2ccnc3ccc(SC)cc23)c(C)c1. The molecule has 1 N–H and O–H groups in total. The Morgan fingerprint density at radius 3 is 2.70 bits per heavy atom. The molecule has 0 aliphatic rings. The summed E-state index contributed by atoms with van der Waals surface area (Å²) in [5.74, 6) is -0.241. The molecule has 1 unspecified atom stereocenters. The minimum absolute atomic E-state index is 0.236. The van der Waals surface area contributed by atoms with E-state index in [9.17, 15) is 9.90 Å². The first-order valence-corrected chi connectivity index (χ1v) is 10.1. The molecule has 0 saturated heterocycles. The number of rotatable bonds is 6. The molecule has 1 aromatic heterocycles. The Morgan fingerprint density at radius 2 is 2.00 bits per heavy atom. The van der Waals surface area contributed by atoms with E-state index in [2.05, 4.69) is 11.1 Å². The summed E-state index contributed by atoms with van der Waals surface area (Å²) in [6, 6.07) is 13.6. The smallest absolute Gasteiger partial charge is 0.310 e. The number of benzene rings is 2. The second-order valence-corrected chi connectivity index (χ2v) is 7.24. The van der Waals surface area contributed by atoms with E-state index in [1.165, 1.54) is 0 Å². The largest absolute Gasteiger partial charge is 0.466 e. The lowest BCUT2D eigenvalue weighted by Crippen LogP contribution is -2.09. The van der Waals surface area contributed by atoms with Gasteiger partial charge in [0.25, 0.3) is 0 Å². The Hall–Kier alpha value is -2.37. The molecule has 0 spiro atoms. The Kier molecular flexibility index (Phi) is 6.14. The molecule has 4 nitrogen and oxygen atoms in total. The maximum atomic E-state index is 11.7. The van der Waals surface area contributed by atoms with Crippen LogP contribution >= 0.6 is 11.8 Å². The van der Waals surface area contributed by atoms with Crippen LogP contribution < -0.4 is 0 Å². The van der Waals surface area contributed by atoms with Crippen molar-refractivity contribution in [1.82, 2.24) is 4.98 Å². The van der Waals surface area contributed by atoms with Crippen molar-refractivity contribution in [1.29, 1.82) is 0 Å². The number of aryl methyl sites for hydroxylation is 1. The van der Waals surface area contributed by atoms with Gasteiger partial charge in [0.15, 0.2) is 0 Å². The fourth-order valence-electron chi connectivity index (χ4n) is 3.21. The van der Waals surface area contributed by atoms with Gasteiger partial charge in [0.1, 0.15) is 6.10 Å². The third kappa shape index (κ3) is 4.31. The van der Waals surface area contributed by atoms with E-state index in [1.54, 1.807) is 24.9 Å². The molecule has 140 valence electrons. The number of thioether (sulfide) groups is 1. The first-order chi connectivity index (χ1) is 13.0. The molecule has 0 radical (unpaired) electrons. The molecule has 0 amide bonds. The van der Waals surface area contributed by atoms with Gasteiger partial charge in [-0.1, -0.05) is 18.2 Å². The van der Waals surface area contributed by atoms with Crippen molar-refractivity contribution in [2.24, 2.45) is 0 Å². The van der Waals surface area contributed by atoms with Crippen molar-refractivity contribution in [3.05, 3.63) is 70.9 Å². The lowest BCUT2D eigenvalue weighted by atomic mass is 9.93. The van der Waals surface area contributed by atoms with E-state index in [-0.39, 0.29) is 12.4 Å². The van der Waals surface area contributed by atoms with Crippen molar-refractivity contribution in [3.63, 3.8) is 0 Å². The molecule has 0 fully saturated rings. The van der Waals surface area contributed by atoms with Crippen molar-refractivity contribution in [2.45, 2.75) is 31.3 Å². The number of aliphatic hydroxyl groups excluding tert-OH is 1. The maximum absolute atomic E-state index is 11.7. The van der Waals surface area contributed by atoms with Crippen molar-refractivity contribution >= 4 is 28.6 Å². The maximum Gasteiger partial charge on any atom is 0.310 e. The van der Waals surface area contributed by atoms with Gasteiger partial charge in [-0.3, -0.25) is 9.78 Å². The van der Waals surface area contributed by atoms with Gasteiger partial charge in [-0.05, 0) is 66.6 Å². The van der Waals surface area contributed by atoms with Gasteiger partial charge in [-0.25, -0.2) is 0 Å². The Bertz CT molecular complexity index is 971. The zero-order valence-corrected chi connectivity index (χ0v) is 16.5. The van der Waals surface area contributed by atoms with E-state index in [0.29, 0.717) is 6.61 Å². The average Bonchev–Trinajstić information content (AvgIpc) is 2.67. The summed E-state index contributed by atoms with van der Waals surface area (Å²) >= 11 is 1.66. The first-order valence-electron chi connectivity index (χ1n) is 8.89. The van der Waals surface area contributed by atoms with Gasteiger partial charge in [0.05, 0.1) is 18.5 Å². The number of ether oxygens (including phenoxy) is 1. The molecule has 3 aromatic rings. The number of fused-ring (bicyclic) bond motifs is 1. The third-order valence-electron chi connectivity index (χ3n) is 4.56. The Labute approximate surface area is 163 Å². The molecular weight excluding hydrogens is 358 g/mol. The number of hydrogen-bond donors (Lipinski definition) is 1. The molecule has 1 heterocycles. The van der Waals surface area contributed by atoms with Crippen molar-refractivity contribution < 1.29 is 14.6 Å². The molecule has 1 atom stereocenters. The first kappa shape index (κ1) is 19.4. The molecule has 5 heteroatoms. The number of hydrogen-bond acceptors (Lipinski definition) is 5. The monoisotopic (exact) mass is 381 g/mol. The lowest BCUT2D eigenvalue weighted by Gasteiger charge is -2.17. The predicted molar refractivity (Wildman–Crippen MR) is 109 cm³/mol. The van der Waals surface area contributed by atoms with Gasteiger partial charge >= 0.3 is 5.97 Å². The predicted octanol–water partition coefficient (Wildman–Crippen LogP) is 4.45. The topological polar surface area (TPSA) is 59.4 Å². The third-order valence-corrected chi connectivity index (χ3v) is 5.28. The molecule has 3 rings (SSSR count). The van der Waals surface area contributed by atoms with Gasteiger partial charge in [0.2, 0.25) is 0 Å². The minimum Gasteiger partial charge on any atom is -0.466 e. The van der Waals surface area contributed by atoms with Crippen LogP contribution in [-0.4, -0.2) is 28.9 Å². The number of carbonyl (C=O) groups is 1. The highest BCUT2D eigenvalue weighted by Gasteiger charge is 2.17. The van der Waals surface area contributed by atoms with Crippen LogP contribution in [0.25, 0.3) is 10.9 Å². The van der Waals surface area contributed by atoms with E-state index >= 15 is 0 Å². The average molecular weight is 381 g/mol. The number of carbonyl (C=O) groups excluding carboxylic acids is 1. The zero-order valence-electron chi connectivity index (χ0n) is 15.7. The standard InChI is InChI=1S/C22H23NO3S/c1-4-26-21(24)12-15-5-7-17(14(2)11-15)22(25)18-9-10-23-20-8-6-16(27-3)13-19(18)20/h5-11,13,22,25H,4,12H2,1-3H3. The van der Waals surface area contributed by atoms with E-state index in [0.717, 1.165) is 38.1 Å². The molecule has 27 heavy (non-hydrogen) atoms. The fraction of sp³-hybridized carbons (Fsp3) is 0.273. The van der Waals surface area contributed by atoms with Gasteiger partial charge < -0.3 is 9.84 Å². The van der Waals surface area contributed by atoms with Crippen LogP contribution in [0.4, 0.5) is 0 Å². The van der Waals surface area contributed by atoms with Crippen LogP contribution in [0.5, 0.6) is 0 Å². The number of nitrogens with zero attached hydrogens (tertiary/aromatic N) is 1. The highest BCUT2D eigenvalue weighted by molar-refractivity contribution is 7.98. The normalized spacial score (nSPS) is 12.1. The molecule has 0 saturated carbocycles. The van der Waals surface area contributed by atoms with Crippen molar-refractivity contribution in [3.8, 4) is 0 Å². The van der Waals surface area contributed by atoms with Crippen LogP contribution in [0, 0.1) is 6.92 Å². The molecular formula is C22H23NO3S. The highest BCUT2D eigenvalue weighted by Crippen LogP contribution is 2.32. The van der Waals surface area contributed by atoms with E-state index in [4.69, 9.17) is 4.74 Å². The van der Waals surface area contributed by atoms with Gasteiger partial charge in [-0.2, -0.15) is 0 Å². The molecule has 0 aliphatic carbocycles. The zero-order chi connectivity index (χ0) is 19.4. The lowest BCUT2D eigenvalue weighted by molar-refractivity contribution is -0.142. The van der Waals surface area contributed by atoms with Crippen LogP contribution in [0.2, 0.25) is 0 Å². The van der Waals surface area contributed by atoms with Crippen molar-refractivity contribution in [2.75, 3.05) is 12.9 Å². The van der Waals surface area contributed by atoms with Crippen LogP contribution in [0.15, 0.2) is 53.6 Å². The second kappa shape index (κ2) is 8.55. The van der Waals surface area contributed by atoms with E-state index < -0.39 is 6.10 Å². The summed E-state index contributed by atoms with van der Waals surface area (Å²) in [4.78, 5) is 17.2. The minimum atomic E-state index is -0.760.